The first kappa shape index (κ1) is 12.4. The Morgan fingerprint density at radius 1 is 1.31 bits per heavy atom. The molecule has 0 N–H and O–H groups in total. The first-order chi connectivity index (χ1) is 7.70. The van der Waals surface area contributed by atoms with Gasteiger partial charge in [-0.2, -0.15) is 0 Å². The SMILES string of the molecule is CCC[C@H]1Cc2ccc(I)cc2CC[C@@H]1C. The molecule has 2 rings (SSSR count). The second kappa shape index (κ2) is 5.52. The summed E-state index contributed by atoms with van der Waals surface area (Å²) in [6, 6.07) is 7.01. The van der Waals surface area contributed by atoms with Crippen LogP contribution in [0.5, 0.6) is 0 Å². The lowest BCUT2D eigenvalue weighted by molar-refractivity contribution is 0.323. The van der Waals surface area contributed by atoms with Crippen LogP contribution in [0.2, 0.25) is 0 Å². The molecular weight excluding hydrogens is 307 g/mol. The van der Waals surface area contributed by atoms with Crippen LogP contribution in [0.4, 0.5) is 0 Å². The maximum Gasteiger partial charge on any atom is 0.0133 e. The average Bonchev–Trinajstić information content (AvgIpc) is 2.41. The van der Waals surface area contributed by atoms with Gasteiger partial charge < -0.3 is 0 Å². The molecule has 1 aromatic rings. The van der Waals surface area contributed by atoms with E-state index in [9.17, 15) is 0 Å². The number of aryl methyl sites for hydroxylation is 1. The molecule has 0 saturated carbocycles. The van der Waals surface area contributed by atoms with Crippen LogP contribution in [0, 0.1) is 15.4 Å². The second-order valence-corrected chi connectivity index (χ2v) is 6.43. The van der Waals surface area contributed by atoms with Gasteiger partial charge in [-0.25, -0.2) is 0 Å². The molecule has 16 heavy (non-hydrogen) atoms. The third-order valence-electron chi connectivity index (χ3n) is 3.98. The molecule has 1 heteroatoms. The van der Waals surface area contributed by atoms with Gasteiger partial charge in [0.1, 0.15) is 0 Å². The highest BCUT2D eigenvalue weighted by Gasteiger charge is 2.22. The van der Waals surface area contributed by atoms with E-state index in [-0.39, 0.29) is 0 Å². The average molecular weight is 328 g/mol. The Morgan fingerprint density at radius 3 is 2.88 bits per heavy atom. The summed E-state index contributed by atoms with van der Waals surface area (Å²) >= 11 is 2.43. The van der Waals surface area contributed by atoms with E-state index in [2.05, 4.69) is 54.6 Å². The van der Waals surface area contributed by atoms with Gasteiger partial charge >= 0.3 is 0 Å². The minimum atomic E-state index is 0.894. The summed E-state index contributed by atoms with van der Waals surface area (Å²) in [7, 11) is 0. The van der Waals surface area contributed by atoms with Crippen molar-refractivity contribution in [2.45, 2.75) is 46.0 Å². The number of benzene rings is 1. The summed E-state index contributed by atoms with van der Waals surface area (Å²) in [5.74, 6) is 1.80. The van der Waals surface area contributed by atoms with Crippen molar-refractivity contribution in [1.82, 2.24) is 0 Å². The summed E-state index contributed by atoms with van der Waals surface area (Å²) < 4.78 is 1.39. The quantitative estimate of drug-likeness (QED) is 0.539. The first-order valence-corrected chi connectivity index (χ1v) is 7.56. The van der Waals surface area contributed by atoms with Crippen molar-refractivity contribution >= 4 is 22.6 Å². The smallest absolute Gasteiger partial charge is 0.0133 e. The van der Waals surface area contributed by atoms with E-state index < -0.39 is 0 Å². The Balaban J connectivity index is 2.23. The van der Waals surface area contributed by atoms with Gasteiger partial charge in [-0.3, -0.25) is 0 Å². The van der Waals surface area contributed by atoms with Gasteiger partial charge in [0.2, 0.25) is 0 Å². The van der Waals surface area contributed by atoms with Crippen molar-refractivity contribution in [3.8, 4) is 0 Å². The molecule has 2 atom stereocenters. The molecule has 0 nitrogen and oxygen atoms in total. The van der Waals surface area contributed by atoms with Crippen LogP contribution in [0.25, 0.3) is 0 Å². The van der Waals surface area contributed by atoms with Gasteiger partial charge in [-0.15, -0.1) is 0 Å². The zero-order valence-corrected chi connectivity index (χ0v) is 12.5. The van der Waals surface area contributed by atoms with Crippen LogP contribution < -0.4 is 0 Å². The first-order valence-electron chi connectivity index (χ1n) is 6.48. The van der Waals surface area contributed by atoms with Gasteiger partial charge in [0, 0.05) is 3.57 Å². The highest BCUT2D eigenvalue weighted by molar-refractivity contribution is 14.1. The fraction of sp³-hybridized carbons (Fsp3) is 0.600. The minimum absolute atomic E-state index is 0.894. The number of hydrogen-bond donors (Lipinski definition) is 0. The lowest BCUT2D eigenvalue weighted by Gasteiger charge is -2.20. The fourth-order valence-electron chi connectivity index (χ4n) is 2.89. The van der Waals surface area contributed by atoms with E-state index >= 15 is 0 Å². The lowest BCUT2D eigenvalue weighted by atomic mass is 9.85. The number of hydrogen-bond acceptors (Lipinski definition) is 0. The molecule has 1 aliphatic rings. The highest BCUT2D eigenvalue weighted by atomic mass is 127. The molecule has 1 aliphatic carbocycles. The molecule has 0 bridgehead atoms. The van der Waals surface area contributed by atoms with Crippen molar-refractivity contribution in [3.63, 3.8) is 0 Å². The van der Waals surface area contributed by atoms with Crippen LogP contribution in [-0.2, 0) is 12.8 Å². The molecule has 0 amide bonds. The molecule has 0 radical (unpaired) electrons. The van der Waals surface area contributed by atoms with Crippen molar-refractivity contribution in [2.75, 3.05) is 0 Å². The van der Waals surface area contributed by atoms with Crippen molar-refractivity contribution < 1.29 is 0 Å². The van der Waals surface area contributed by atoms with Crippen molar-refractivity contribution in [2.24, 2.45) is 11.8 Å². The van der Waals surface area contributed by atoms with E-state index in [0.29, 0.717) is 0 Å². The second-order valence-electron chi connectivity index (χ2n) is 5.18. The fourth-order valence-corrected chi connectivity index (χ4v) is 3.44. The highest BCUT2D eigenvalue weighted by Crippen LogP contribution is 2.32. The van der Waals surface area contributed by atoms with E-state index in [4.69, 9.17) is 0 Å². The Hall–Kier alpha value is -0.0500. The van der Waals surface area contributed by atoms with E-state index in [1.807, 2.05) is 0 Å². The molecule has 1 aromatic carbocycles. The normalized spacial score (nSPS) is 24.9. The summed E-state index contributed by atoms with van der Waals surface area (Å²) in [6.45, 7) is 4.75. The van der Waals surface area contributed by atoms with Gasteiger partial charge in [0.25, 0.3) is 0 Å². The van der Waals surface area contributed by atoms with Crippen LogP contribution in [0.3, 0.4) is 0 Å². The van der Waals surface area contributed by atoms with Crippen LogP contribution >= 0.6 is 22.6 Å². The summed E-state index contributed by atoms with van der Waals surface area (Å²) in [5.41, 5.74) is 3.22. The minimum Gasteiger partial charge on any atom is -0.0654 e. The van der Waals surface area contributed by atoms with E-state index in [1.54, 1.807) is 11.1 Å². The molecule has 88 valence electrons. The number of halogens is 1. The zero-order chi connectivity index (χ0) is 11.5. The van der Waals surface area contributed by atoms with E-state index in [0.717, 1.165) is 11.8 Å². The molecule has 0 aliphatic heterocycles. The third-order valence-corrected chi connectivity index (χ3v) is 4.65. The lowest BCUT2D eigenvalue weighted by Crippen LogP contribution is -2.12. The standard InChI is InChI=1S/C15H21I/c1-3-4-12-9-13-7-8-15(16)10-14(13)6-5-11(12)2/h7-8,10-12H,3-6,9H2,1-2H3/t11-,12-/m0/s1. The molecule has 0 fully saturated rings. The Kier molecular flexibility index (Phi) is 4.28. The Bertz CT molecular complexity index is 356. The maximum atomic E-state index is 2.44. The van der Waals surface area contributed by atoms with Crippen LogP contribution in [0.15, 0.2) is 18.2 Å². The molecule has 0 saturated heterocycles. The number of rotatable bonds is 2. The van der Waals surface area contributed by atoms with Crippen molar-refractivity contribution in [1.29, 1.82) is 0 Å². The summed E-state index contributed by atoms with van der Waals surface area (Å²) in [5, 5.41) is 0. The zero-order valence-electron chi connectivity index (χ0n) is 10.3. The number of fused-ring (bicyclic) bond motifs is 1. The summed E-state index contributed by atoms with van der Waals surface area (Å²) in [6.07, 6.45) is 6.69. The largest absolute Gasteiger partial charge is 0.0654 e. The molecule has 0 spiro atoms. The molecule has 0 aromatic heterocycles. The van der Waals surface area contributed by atoms with Crippen LogP contribution in [0.1, 0.15) is 44.2 Å². The van der Waals surface area contributed by atoms with Crippen LogP contribution in [-0.4, -0.2) is 0 Å². The predicted octanol–water partition coefficient (Wildman–Crippen LogP) is 4.83. The molecule has 0 unspecified atom stereocenters. The Morgan fingerprint density at radius 2 is 2.12 bits per heavy atom. The third kappa shape index (κ3) is 2.79. The summed E-state index contributed by atoms with van der Waals surface area (Å²) in [4.78, 5) is 0. The Labute approximate surface area is 113 Å². The van der Waals surface area contributed by atoms with Gasteiger partial charge in [-0.05, 0) is 76.9 Å². The maximum absolute atomic E-state index is 2.44. The molecular formula is C15H21I. The van der Waals surface area contributed by atoms with E-state index in [1.165, 1.54) is 35.7 Å². The van der Waals surface area contributed by atoms with Crippen molar-refractivity contribution in [3.05, 3.63) is 32.9 Å². The van der Waals surface area contributed by atoms with Gasteiger partial charge in [0.15, 0.2) is 0 Å². The predicted molar refractivity (Wildman–Crippen MR) is 78.7 cm³/mol. The monoisotopic (exact) mass is 328 g/mol. The topological polar surface area (TPSA) is 0 Å². The van der Waals surface area contributed by atoms with Gasteiger partial charge in [0.05, 0.1) is 0 Å². The molecule has 0 heterocycles. The van der Waals surface area contributed by atoms with Gasteiger partial charge in [-0.1, -0.05) is 32.8 Å².